The molecule has 2 heterocycles. The van der Waals surface area contributed by atoms with E-state index in [1.54, 1.807) is 24.3 Å². The minimum atomic E-state index is -0.423. The molecule has 2 aliphatic rings. The van der Waals surface area contributed by atoms with E-state index in [9.17, 15) is 14.4 Å². The highest BCUT2D eigenvalue weighted by Crippen LogP contribution is 2.28. The third-order valence-corrected chi connectivity index (χ3v) is 7.89. The van der Waals surface area contributed by atoms with Gasteiger partial charge in [-0.25, -0.2) is 4.79 Å². The Morgan fingerprint density at radius 1 is 0.800 bits per heavy atom. The maximum atomic E-state index is 12.7. The summed E-state index contributed by atoms with van der Waals surface area (Å²) >= 11 is 0. The third kappa shape index (κ3) is 6.41. The van der Waals surface area contributed by atoms with Gasteiger partial charge in [-0.1, -0.05) is 60.7 Å². The summed E-state index contributed by atoms with van der Waals surface area (Å²) in [6, 6.07) is 24.7. The number of para-hydroxylation sites is 1. The molecule has 0 aromatic heterocycles. The zero-order valence-corrected chi connectivity index (χ0v) is 23.2. The molecule has 1 N–H and O–H groups in total. The second-order valence-corrected chi connectivity index (χ2v) is 11.2. The largest absolute Gasteiger partial charge is 0.446 e. The van der Waals surface area contributed by atoms with Gasteiger partial charge in [-0.05, 0) is 36.6 Å². The predicted molar refractivity (Wildman–Crippen MR) is 155 cm³/mol. The summed E-state index contributed by atoms with van der Waals surface area (Å²) in [6.07, 6.45) is 1.04. The molecule has 8 nitrogen and oxygen atoms in total. The fourth-order valence-corrected chi connectivity index (χ4v) is 5.34. The van der Waals surface area contributed by atoms with Gasteiger partial charge < -0.3 is 9.22 Å². The number of carbonyl (C=O) groups is 3. The van der Waals surface area contributed by atoms with Crippen LogP contribution in [0.15, 0.2) is 78.9 Å². The van der Waals surface area contributed by atoms with Crippen LogP contribution in [0.3, 0.4) is 0 Å². The molecule has 0 radical (unpaired) electrons. The summed E-state index contributed by atoms with van der Waals surface area (Å²) in [4.78, 5) is 41.8. The van der Waals surface area contributed by atoms with Crippen molar-refractivity contribution in [1.29, 1.82) is 0 Å². The molecule has 3 aromatic rings. The Labute approximate surface area is 235 Å². The van der Waals surface area contributed by atoms with Crippen molar-refractivity contribution in [2.45, 2.75) is 18.9 Å². The number of benzene rings is 3. The van der Waals surface area contributed by atoms with Crippen LogP contribution in [-0.2, 0) is 4.74 Å². The number of rotatable bonds is 9. The van der Waals surface area contributed by atoms with Crippen LogP contribution in [0.2, 0.25) is 0 Å². The van der Waals surface area contributed by atoms with Crippen molar-refractivity contribution in [1.82, 2.24) is 9.80 Å². The average molecular weight is 542 g/mol. The van der Waals surface area contributed by atoms with Crippen molar-refractivity contribution in [3.05, 3.63) is 90.0 Å². The maximum Gasteiger partial charge on any atom is 0.411 e. The van der Waals surface area contributed by atoms with E-state index in [1.165, 1.54) is 4.90 Å². The van der Waals surface area contributed by atoms with Crippen molar-refractivity contribution in [2.75, 3.05) is 58.7 Å². The van der Waals surface area contributed by atoms with Gasteiger partial charge in [0.1, 0.15) is 6.10 Å². The van der Waals surface area contributed by atoms with Crippen molar-refractivity contribution < 1.29 is 23.6 Å². The van der Waals surface area contributed by atoms with Gasteiger partial charge in [0.05, 0.1) is 50.5 Å². The smallest absolute Gasteiger partial charge is 0.411 e. The van der Waals surface area contributed by atoms with Crippen LogP contribution in [-0.4, -0.2) is 91.7 Å². The van der Waals surface area contributed by atoms with Gasteiger partial charge in [-0.15, -0.1) is 0 Å². The van der Waals surface area contributed by atoms with E-state index in [0.717, 1.165) is 55.8 Å². The SMILES string of the molecule is C[N+](C)(CCN1CCC(OC(=O)Nc2ccccc2-c2ccccc2)CC1)CCN1C(=O)c2ccccc2C1=O. The molecule has 208 valence electrons. The van der Waals surface area contributed by atoms with E-state index in [4.69, 9.17) is 4.74 Å². The number of imide groups is 1. The molecular weight excluding hydrogens is 504 g/mol. The monoisotopic (exact) mass is 541 g/mol. The number of nitrogens with one attached hydrogen (secondary N) is 1. The summed E-state index contributed by atoms with van der Waals surface area (Å²) in [5, 5.41) is 2.93. The minimum absolute atomic E-state index is 0.114. The highest BCUT2D eigenvalue weighted by Gasteiger charge is 2.36. The van der Waals surface area contributed by atoms with E-state index in [0.29, 0.717) is 28.7 Å². The molecule has 1 saturated heterocycles. The zero-order chi connectivity index (χ0) is 28.1. The quantitative estimate of drug-likeness (QED) is 0.313. The van der Waals surface area contributed by atoms with Crippen LogP contribution in [0.4, 0.5) is 10.5 Å². The molecule has 8 heteroatoms. The molecule has 0 unspecified atom stereocenters. The summed E-state index contributed by atoms with van der Waals surface area (Å²) in [6.45, 7) is 4.60. The lowest BCUT2D eigenvalue weighted by Crippen LogP contribution is -2.51. The molecule has 1 fully saturated rings. The fraction of sp³-hybridized carbons (Fsp3) is 0.344. The molecule has 0 atom stereocenters. The number of ether oxygens (including phenoxy) is 1. The molecule has 0 bridgehead atoms. The van der Waals surface area contributed by atoms with E-state index in [-0.39, 0.29) is 17.9 Å². The van der Waals surface area contributed by atoms with Crippen LogP contribution in [0.25, 0.3) is 11.1 Å². The first-order valence-electron chi connectivity index (χ1n) is 13.9. The highest BCUT2D eigenvalue weighted by molar-refractivity contribution is 6.21. The molecule has 2 aliphatic heterocycles. The number of anilines is 1. The van der Waals surface area contributed by atoms with E-state index >= 15 is 0 Å². The van der Waals surface area contributed by atoms with Gasteiger partial charge in [0.2, 0.25) is 0 Å². The standard InChI is InChI=1S/C32H36N4O4/c1-36(2,23-21-35-30(37)27-13-6-7-14-28(27)31(35)38)22-20-34-18-16-25(17-19-34)40-32(39)33-29-15-9-8-12-26(29)24-10-4-3-5-11-24/h3-15,25H,16-23H2,1-2H3/p+1. The number of hydrogen-bond donors (Lipinski definition) is 1. The minimum Gasteiger partial charge on any atom is -0.446 e. The first-order chi connectivity index (χ1) is 19.3. The van der Waals surface area contributed by atoms with Crippen LogP contribution in [0, 0.1) is 0 Å². The van der Waals surface area contributed by atoms with Crippen molar-refractivity contribution in [3.63, 3.8) is 0 Å². The fourth-order valence-electron chi connectivity index (χ4n) is 5.34. The van der Waals surface area contributed by atoms with E-state index in [2.05, 4.69) is 24.3 Å². The molecule has 3 aromatic carbocycles. The Morgan fingerprint density at radius 2 is 1.35 bits per heavy atom. The van der Waals surface area contributed by atoms with Crippen LogP contribution in [0.5, 0.6) is 0 Å². The summed E-state index contributed by atoms with van der Waals surface area (Å²) in [5.41, 5.74) is 3.72. The number of nitrogens with zero attached hydrogens (tertiary/aromatic N) is 3. The van der Waals surface area contributed by atoms with Crippen molar-refractivity contribution in [2.24, 2.45) is 0 Å². The summed E-state index contributed by atoms with van der Waals surface area (Å²) < 4.78 is 6.47. The lowest BCUT2D eigenvalue weighted by molar-refractivity contribution is -0.889. The lowest BCUT2D eigenvalue weighted by Gasteiger charge is -2.36. The van der Waals surface area contributed by atoms with Gasteiger partial charge in [0.25, 0.3) is 11.8 Å². The normalized spacial score (nSPS) is 16.2. The summed E-state index contributed by atoms with van der Waals surface area (Å²) in [5.74, 6) is -0.398. The van der Waals surface area contributed by atoms with Gasteiger partial charge >= 0.3 is 6.09 Å². The van der Waals surface area contributed by atoms with Gasteiger partial charge in [0.15, 0.2) is 0 Å². The number of piperidine rings is 1. The number of carbonyl (C=O) groups excluding carboxylic acids is 3. The zero-order valence-electron chi connectivity index (χ0n) is 23.2. The Bertz CT molecular complexity index is 1330. The first kappa shape index (κ1) is 27.6. The number of amides is 3. The molecule has 5 rings (SSSR count). The van der Waals surface area contributed by atoms with Gasteiger partial charge in [-0.3, -0.25) is 24.7 Å². The number of fused-ring (bicyclic) bond motifs is 1. The Balaban J connectivity index is 1.04. The lowest BCUT2D eigenvalue weighted by atomic mass is 10.0. The molecular formula is C32H37N4O4+. The Kier molecular flexibility index (Phi) is 8.28. The van der Waals surface area contributed by atoms with Crippen molar-refractivity contribution >= 4 is 23.6 Å². The number of quaternary nitrogens is 1. The van der Waals surface area contributed by atoms with Gasteiger partial charge in [0, 0.05) is 25.2 Å². The average Bonchev–Trinajstić information content (AvgIpc) is 3.21. The highest BCUT2D eigenvalue weighted by atomic mass is 16.6. The number of likely N-dealkylation sites (N-methyl/N-ethyl adjacent to an activating group) is 1. The van der Waals surface area contributed by atoms with Crippen LogP contribution >= 0.6 is 0 Å². The Hall–Kier alpha value is -4.01. The second kappa shape index (κ2) is 12.0. The molecule has 0 aliphatic carbocycles. The topological polar surface area (TPSA) is 79.0 Å². The molecule has 3 amide bonds. The maximum absolute atomic E-state index is 12.7. The number of hydrogen-bond acceptors (Lipinski definition) is 5. The van der Waals surface area contributed by atoms with Crippen LogP contribution < -0.4 is 5.32 Å². The third-order valence-electron chi connectivity index (χ3n) is 7.89. The molecule has 0 spiro atoms. The van der Waals surface area contributed by atoms with E-state index in [1.807, 2.05) is 54.6 Å². The first-order valence-corrected chi connectivity index (χ1v) is 13.9. The van der Waals surface area contributed by atoms with Crippen LogP contribution in [0.1, 0.15) is 33.6 Å². The number of likely N-dealkylation sites (tertiary alicyclic amines) is 1. The van der Waals surface area contributed by atoms with Crippen molar-refractivity contribution in [3.8, 4) is 11.1 Å². The second-order valence-electron chi connectivity index (χ2n) is 11.2. The summed E-state index contributed by atoms with van der Waals surface area (Å²) in [7, 11) is 4.26. The Morgan fingerprint density at radius 3 is 2.00 bits per heavy atom. The molecule has 0 saturated carbocycles. The predicted octanol–water partition coefficient (Wildman–Crippen LogP) is 4.74. The van der Waals surface area contributed by atoms with E-state index < -0.39 is 6.09 Å². The van der Waals surface area contributed by atoms with Gasteiger partial charge in [-0.2, -0.15) is 0 Å². The molecule has 40 heavy (non-hydrogen) atoms.